The van der Waals surface area contributed by atoms with Crippen LogP contribution in [0.5, 0.6) is 0 Å². The van der Waals surface area contributed by atoms with Gasteiger partial charge in [-0.15, -0.1) is 0 Å². The van der Waals surface area contributed by atoms with Gasteiger partial charge in [-0.05, 0) is 25.0 Å². The third-order valence-corrected chi connectivity index (χ3v) is 4.93. The standard InChI is InChI=1S/C18H18ClN5O/c1-22-12-13(10-20-22)15-8-5-9-23(15)16-11-21-24(18(25)17(16)19)14-6-3-2-4-7-14/h2-4,6-7,10-12,15H,5,8-9H2,1H3. The highest BCUT2D eigenvalue weighted by molar-refractivity contribution is 6.33. The number of para-hydroxylation sites is 1. The monoisotopic (exact) mass is 355 g/mol. The molecule has 1 saturated heterocycles. The first kappa shape index (κ1) is 15.9. The van der Waals surface area contributed by atoms with Crippen LogP contribution in [-0.4, -0.2) is 26.1 Å². The first-order chi connectivity index (χ1) is 12.1. The molecule has 3 aromatic rings. The lowest BCUT2D eigenvalue weighted by molar-refractivity contribution is 0.707. The molecule has 2 aromatic heterocycles. The summed E-state index contributed by atoms with van der Waals surface area (Å²) in [6.07, 6.45) is 7.61. The lowest BCUT2D eigenvalue weighted by Gasteiger charge is -2.26. The van der Waals surface area contributed by atoms with Gasteiger partial charge in [-0.3, -0.25) is 9.48 Å². The summed E-state index contributed by atoms with van der Waals surface area (Å²) in [6, 6.07) is 9.46. The van der Waals surface area contributed by atoms with Gasteiger partial charge < -0.3 is 4.90 Å². The number of halogens is 1. The maximum absolute atomic E-state index is 12.7. The molecule has 1 aromatic carbocycles. The van der Waals surface area contributed by atoms with Crippen molar-refractivity contribution in [2.75, 3.05) is 11.4 Å². The van der Waals surface area contributed by atoms with Crippen LogP contribution in [0.2, 0.25) is 5.02 Å². The SMILES string of the molecule is Cn1cc(C2CCCN2c2cnn(-c3ccccc3)c(=O)c2Cl)cn1. The molecule has 1 aliphatic rings. The molecule has 1 unspecified atom stereocenters. The van der Waals surface area contributed by atoms with Crippen LogP contribution in [0.4, 0.5) is 5.69 Å². The van der Waals surface area contributed by atoms with E-state index in [1.54, 1.807) is 10.9 Å². The molecule has 0 radical (unpaired) electrons. The van der Waals surface area contributed by atoms with E-state index in [1.807, 2.05) is 49.8 Å². The summed E-state index contributed by atoms with van der Waals surface area (Å²) in [6.45, 7) is 0.843. The Morgan fingerprint density at radius 3 is 2.68 bits per heavy atom. The topological polar surface area (TPSA) is 56.0 Å². The number of rotatable bonds is 3. The third kappa shape index (κ3) is 2.82. The second-order valence-electron chi connectivity index (χ2n) is 6.20. The van der Waals surface area contributed by atoms with Crippen molar-refractivity contribution in [3.63, 3.8) is 0 Å². The Hall–Kier alpha value is -2.60. The minimum Gasteiger partial charge on any atom is -0.362 e. The van der Waals surface area contributed by atoms with Gasteiger partial charge >= 0.3 is 0 Å². The van der Waals surface area contributed by atoms with Gasteiger partial charge in [0.25, 0.3) is 5.56 Å². The predicted octanol–water partition coefficient (Wildman–Crippen LogP) is 2.96. The first-order valence-electron chi connectivity index (χ1n) is 8.23. The molecule has 0 aliphatic carbocycles. The Bertz CT molecular complexity index is 950. The molecule has 128 valence electrons. The zero-order valence-corrected chi connectivity index (χ0v) is 14.6. The second-order valence-corrected chi connectivity index (χ2v) is 6.57. The molecular formula is C18H18ClN5O. The van der Waals surface area contributed by atoms with E-state index in [1.165, 1.54) is 4.68 Å². The number of aromatic nitrogens is 4. The molecule has 1 atom stereocenters. The van der Waals surface area contributed by atoms with Gasteiger partial charge in [0.15, 0.2) is 0 Å². The third-order valence-electron chi connectivity index (χ3n) is 4.57. The van der Waals surface area contributed by atoms with Crippen LogP contribution in [0.3, 0.4) is 0 Å². The Kier molecular flexibility index (Phi) is 4.05. The van der Waals surface area contributed by atoms with Crippen LogP contribution >= 0.6 is 11.6 Å². The fourth-order valence-electron chi connectivity index (χ4n) is 3.39. The van der Waals surface area contributed by atoms with E-state index >= 15 is 0 Å². The highest BCUT2D eigenvalue weighted by atomic mass is 35.5. The van der Waals surface area contributed by atoms with Gasteiger partial charge in [-0.1, -0.05) is 29.8 Å². The van der Waals surface area contributed by atoms with Crippen LogP contribution in [0.25, 0.3) is 5.69 Å². The van der Waals surface area contributed by atoms with Crippen LogP contribution in [0.1, 0.15) is 24.4 Å². The molecule has 3 heterocycles. The van der Waals surface area contributed by atoms with Crippen molar-refractivity contribution < 1.29 is 0 Å². The Morgan fingerprint density at radius 2 is 1.96 bits per heavy atom. The van der Waals surface area contributed by atoms with Crippen LogP contribution in [-0.2, 0) is 7.05 Å². The summed E-state index contributed by atoms with van der Waals surface area (Å²) in [5.74, 6) is 0. The Morgan fingerprint density at radius 1 is 1.16 bits per heavy atom. The van der Waals surface area contributed by atoms with Gasteiger partial charge in [0, 0.05) is 25.4 Å². The molecular weight excluding hydrogens is 338 g/mol. The van der Waals surface area contributed by atoms with Gasteiger partial charge in [0.1, 0.15) is 5.02 Å². The molecule has 0 bridgehead atoms. The van der Waals surface area contributed by atoms with E-state index in [9.17, 15) is 4.79 Å². The fraction of sp³-hybridized carbons (Fsp3) is 0.278. The molecule has 1 fully saturated rings. The zero-order valence-electron chi connectivity index (χ0n) is 13.8. The summed E-state index contributed by atoms with van der Waals surface area (Å²) in [7, 11) is 1.90. The van der Waals surface area contributed by atoms with Gasteiger partial charge in [0.05, 0.1) is 29.8 Å². The molecule has 0 spiro atoms. The quantitative estimate of drug-likeness (QED) is 0.724. The van der Waals surface area contributed by atoms with E-state index in [0.29, 0.717) is 11.4 Å². The van der Waals surface area contributed by atoms with Crippen LogP contribution < -0.4 is 10.5 Å². The van der Waals surface area contributed by atoms with Gasteiger partial charge in [-0.2, -0.15) is 14.9 Å². The number of anilines is 1. The Labute approximate surface area is 150 Å². The van der Waals surface area contributed by atoms with E-state index < -0.39 is 0 Å². The minimum absolute atomic E-state index is 0.167. The summed E-state index contributed by atoms with van der Waals surface area (Å²) in [5, 5.41) is 8.81. The van der Waals surface area contributed by atoms with Crippen molar-refractivity contribution in [3.8, 4) is 5.69 Å². The van der Waals surface area contributed by atoms with Crippen molar-refractivity contribution >= 4 is 17.3 Å². The maximum atomic E-state index is 12.7. The number of hydrogen-bond acceptors (Lipinski definition) is 4. The van der Waals surface area contributed by atoms with Crippen molar-refractivity contribution in [1.29, 1.82) is 0 Å². The van der Waals surface area contributed by atoms with Crippen LogP contribution in [0.15, 0.2) is 53.7 Å². The summed E-state index contributed by atoms with van der Waals surface area (Å²) >= 11 is 6.45. The van der Waals surface area contributed by atoms with Gasteiger partial charge in [-0.25, -0.2) is 0 Å². The Balaban J connectivity index is 1.73. The summed E-state index contributed by atoms with van der Waals surface area (Å²) in [5.41, 5.74) is 2.21. The number of benzene rings is 1. The van der Waals surface area contributed by atoms with Crippen LogP contribution in [0, 0.1) is 0 Å². The molecule has 0 N–H and O–H groups in total. The minimum atomic E-state index is -0.304. The second kappa shape index (κ2) is 6.37. The van der Waals surface area contributed by atoms with E-state index in [4.69, 9.17) is 11.6 Å². The molecule has 7 heteroatoms. The molecule has 6 nitrogen and oxygen atoms in total. The number of nitrogens with zero attached hydrogens (tertiary/aromatic N) is 5. The molecule has 4 rings (SSSR count). The summed E-state index contributed by atoms with van der Waals surface area (Å²) < 4.78 is 3.13. The largest absolute Gasteiger partial charge is 0.362 e. The van der Waals surface area contributed by atoms with Crippen molar-refractivity contribution in [2.45, 2.75) is 18.9 Å². The highest BCUT2D eigenvalue weighted by Crippen LogP contribution is 2.37. The average molecular weight is 356 g/mol. The van der Waals surface area contributed by atoms with Crippen molar-refractivity contribution in [1.82, 2.24) is 19.6 Å². The first-order valence-corrected chi connectivity index (χ1v) is 8.61. The van der Waals surface area contributed by atoms with E-state index in [2.05, 4.69) is 15.1 Å². The fourth-order valence-corrected chi connectivity index (χ4v) is 3.63. The smallest absolute Gasteiger partial charge is 0.292 e. The normalized spacial score (nSPS) is 17.2. The van der Waals surface area contributed by atoms with Crippen molar-refractivity contribution in [2.24, 2.45) is 7.05 Å². The molecule has 1 aliphatic heterocycles. The maximum Gasteiger partial charge on any atom is 0.292 e. The molecule has 0 saturated carbocycles. The molecule has 25 heavy (non-hydrogen) atoms. The molecule has 0 amide bonds. The van der Waals surface area contributed by atoms with E-state index in [-0.39, 0.29) is 16.6 Å². The van der Waals surface area contributed by atoms with E-state index in [0.717, 1.165) is 24.9 Å². The predicted molar refractivity (Wildman–Crippen MR) is 97.4 cm³/mol. The number of aryl methyl sites for hydroxylation is 1. The average Bonchev–Trinajstić information content (AvgIpc) is 3.27. The lowest BCUT2D eigenvalue weighted by atomic mass is 10.1. The van der Waals surface area contributed by atoms with Crippen molar-refractivity contribution in [3.05, 3.63) is 69.9 Å². The zero-order chi connectivity index (χ0) is 17.4. The summed E-state index contributed by atoms with van der Waals surface area (Å²) in [4.78, 5) is 14.9. The van der Waals surface area contributed by atoms with Gasteiger partial charge in [0.2, 0.25) is 0 Å². The highest BCUT2D eigenvalue weighted by Gasteiger charge is 2.30. The number of hydrogen-bond donors (Lipinski definition) is 0. The lowest BCUT2D eigenvalue weighted by Crippen LogP contribution is -2.28.